The van der Waals surface area contributed by atoms with E-state index in [-0.39, 0.29) is 18.3 Å². The minimum Gasteiger partial charge on any atom is -0.493 e. The highest BCUT2D eigenvalue weighted by molar-refractivity contribution is 7.89. The van der Waals surface area contributed by atoms with Gasteiger partial charge < -0.3 is 4.74 Å². The van der Waals surface area contributed by atoms with Gasteiger partial charge in [0.05, 0.1) is 12.4 Å². The lowest BCUT2D eigenvalue weighted by Crippen LogP contribution is -2.25. The van der Waals surface area contributed by atoms with Gasteiger partial charge >= 0.3 is 0 Å². The predicted octanol–water partition coefficient (Wildman–Crippen LogP) is 2.14. The first-order valence-electron chi connectivity index (χ1n) is 6.28. The molecule has 1 atom stereocenters. The van der Waals surface area contributed by atoms with Gasteiger partial charge in [-0.15, -0.1) is 0 Å². The highest BCUT2D eigenvalue weighted by Crippen LogP contribution is 2.19. The molecule has 0 fully saturated rings. The van der Waals surface area contributed by atoms with Crippen LogP contribution >= 0.6 is 0 Å². The number of primary sulfonamides is 1. The van der Waals surface area contributed by atoms with Crippen LogP contribution in [-0.4, -0.2) is 20.8 Å². The molecule has 4 nitrogen and oxygen atoms in total. The minimum absolute atomic E-state index is 0.135. The van der Waals surface area contributed by atoms with E-state index in [1.54, 1.807) is 0 Å². The molecule has 2 aromatic rings. The van der Waals surface area contributed by atoms with Crippen LogP contribution in [-0.2, 0) is 10.0 Å². The number of hydrogen-bond donors (Lipinski definition) is 1. The Hall–Kier alpha value is -1.85. The molecule has 0 aromatic heterocycles. The Morgan fingerprint density at radius 3 is 2.05 bits per heavy atom. The quantitative estimate of drug-likeness (QED) is 0.886. The monoisotopic (exact) mass is 291 g/mol. The van der Waals surface area contributed by atoms with E-state index in [0.717, 1.165) is 5.56 Å². The predicted molar refractivity (Wildman–Crippen MR) is 79.1 cm³/mol. The van der Waals surface area contributed by atoms with Gasteiger partial charge in [-0.3, -0.25) is 0 Å². The molecular formula is C15H17NO3S. The summed E-state index contributed by atoms with van der Waals surface area (Å²) in [5, 5.41) is 5.16. The van der Waals surface area contributed by atoms with E-state index in [9.17, 15) is 8.42 Å². The second-order valence-corrected chi connectivity index (χ2v) is 6.22. The van der Waals surface area contributed by atoms with Gasteiger partial charge in [-0.1, -0.05) is 48.5 Å². The molecule has 1 unspecified atom stereocenters. The SMILES string of the molecule is NS(=O)(=O)CC(COc1ccccc1)c1ccccc1. The number of ether oxygens (including phenoxy) is 1. The summed E-state index contributed by atoms with van der Waals surface area (Å²) >= 11 is 0. The molecule has 2 N–H and O–H groups in total. The Kier molecular flexibility index (Phi) is 4.76. The topological polar surface area (TPSA) is 69.4 Å². The van der Waals surface area contributed by atoms with Crippen molar-refractivity contribution in [3.8, 4) is 5.75 Å². The maximum Gasteiger partial charge on any atom is 0.209 e. The van der Waals surface area contributed by atoms with E-state index in [1.165, 1.54) is 0 Å². The van der Waals surface area contributed by atoms with Crippen molar-refractivity contribution in [3.63, 3.8) is 0 Å². The summed E-state index contributed by atoms with van der Waals surface area (Å²) < 4.78 is 28.3. The smallest absolute Gasteiger partial charge is 0.209 e. The number of nitrogens with two attached hydrogens (primary N) is 1. The fourth-order valence-corrected chi connectivity index (χ4v) is 2.81. The zero-order valence-corrected chi connectivity index (χ0v) is 11.8. The number of para-hydroxylation sites is 1. The molecule has 0 spiro atoms. The summed E-state index contributed by atoms with van der Waals surface area (Å²) in [6.45, 7) is 0.268. The Balaban J connectivity index is 2.11. The van der Waals surface area contributed by atoms with E-state index >= 15 is 0 Å². The van der Waals surface area contributed by atoms with Crippen molar-refractivity contribution in [2.75, 3.05) is 12.4 Å². The highest BCUT2D eigenvalue weighted by Gasteiger charge is 2.18. The Morgan fingerprint density at radius 2 is 1.50 bits per heavy atom. The fraction of sp³-hybridized carbons (Fsp3) is 0.200. The molecule has 0 radical (unpaired) electrons. The summed E-state index contributed by atoms with van der Waals surface area (Å²) in [5.41, 5.74) is 0.900. The van der Waals surface area contributed by atoms with Crippen LogP contribution in [0, 0.1) is 0 Å². The molecule has 0 saturated heterocycles. The molecule has 106 valence electrons. The number of sulfonamides is 1. The lowest BCUT2D eigenvalue weighted by Gasteiger charge is -2.17. The van der Waals surface area contributed by atoms with Gasteiger partial charge in [0.1, 0.15) is 5.75 Å². The third-order valence-corrected chi connectivity index (χ3v) is 3.77. The van der Waals surface area contributed by atoms with E-state index < -0.39 is 10.0 Å². The summed E-state index contributed by atoms with van der Waals surface area (Å²) in [7, 11) is -3.56. The second-order valence-electron chi connectivity index (χ2n) is 4.56. The molecule has 0 saturated carbocycles. The third kappa shape index (κ3) is 4.68. The molecule has 0 amide bonds. The lowest BCUT2D eigenvalue weighted by molar-refractivity contribution is 0.296. The van der Waals surface area contributed by atoms with Crippen LogP contribution in [0.2, 0.25) is 0 Å². The van der Waals surface area contributed by atoms with Crippen molar-refractivity contribution in [2.45, 2.75) is 5.92 Å². The van der Waals surface area contributed by atoms with Gasteiger partial charge in [-0.25, -0.2) is 13.6 Å². The normalized spacial score (nSPS) is 12.8. The van der Waals surface area contributed by atoms with Crippen molar-refractivity contribution in [1.29, 1.82) is 0 Å². The Morgan fingerprint density at radius 1 is 0.950 bits per heavy atom. The Labute approximate surface area is 119 Å². The molecule has 0 aliphatic rings. The molecular weight excluding hydrogens is 274 g/mol. The fourth-order valence-electron chi connectivity index (χ4n) is 1.96. The first-order valence-corrected chi connectivity index (χ1v) is 7.99. The largest absolute Gasteiger partial charge is 0.493 e. The third-order valence-electron chi connectivity index (χ3n) is 2.90. The second kappa shape index (κ2) is 6.54. The van der Waals surface area contributed by atoms with Crippen molar-refractivity contribution < 1.29 is 13.2 Å². The maximum atomic E-state index is 11.3. The summed E-state index contributed by atoms with van der Waals surface area (Å²) in [6.07, 6.45) is 0. The highest BCUT2D eigenvalue weighted by atomic mass is 32.2. The van der Waals surface area contributed by atoms with Crippen LogP contribution < -0.4 is 9.88 Å². The van der Waals surface area contributed by atoms with Gasteiger partial charge in [-0.05, 0) is 17.7 Å². The molecule has 0 aliphatic carbocycles. The van der Waals surface area contributed by atoms with Crippen LogP contribution in [0.25, 0.3) is 0 Å². The first kappa shape index (κ1) is 14.6. The zero-order valence-electron chi connectivity index (χ0n) is 11.0. The van der Waals surface area contributed by atoms with E-state index in [2.05, 4.69) is 0 Å². The van der Waals surface area contributed by atoms with Gasteiger partial charge in [0, 0.05) is 5.92 Å². The van der Waals surface area contributed by atoms with Gasteiger partial charge in [0.25, 0.3) is 0 Å². The summed E-state index contributed by atoms with van der Waals surface area (Å²) in [5.74, 6) is 0.290. The van der Waals surface area contributed by atoms with Gasteiger partial charge in [0.2, 0.25) is 10.0 Å². The van der Waals surface area contributed by atoms with Crippen LogP contribution in [0.1, 0.15) is 11.5 Å². The zero-order chi connectivity index (χ0) is 14.4. The van der Waals surface area contributed by atoms with Crippen molar-refractivity contribution in [2.24, 2.45) is 5.14 Å². The minimum atomic E-state index is -3.56. The standard InChI is InChI=1S/C15H17NO3S/c16-20(17,18)12-14(13-7-3-1-4-8-13)11-19-15-9-5-2-6-10-15/h1-10,14H,11-12H2,(H2,16,17,18). The maximum absolute atomic E-state index is 11.3. The number of rotatable bonds is 6. The molecule has 0 aliphatic heterocycles. The summed E-state index contributed by atoms with van der Waals surface area (Å²) in [6, 6.07) is 18.7. The number of hydrogen-bond acceptors (Lipinski definition) is 3. The Bertz CT molecular complexity index is 627. The average Bonchev–Trinajstić information content (AvgIpc) is 2.44. The number of benzene rings is 2. The van der Waals surface area contributed by atoms with Crippen LogP contribution in [0.4, 0.5) is 0 Å². The van der Waals surface area contributed by atoms with E-state index in [0.29, 0.717) is 5.75 Å². The average molecular weight is 291 g/mol. The van der Waals surface area contributed by atoms with Crippen LogP contribution in [0.15, 0.2) is 60.7 Å². The lowest BCUT2D eigenvalue weighted by atomic mass is 10.0. The molecule has 0 bridgehead atoms. The molecule has 20 heavy (non-hydrogen) atoms. The van der Waals surface area contributed by atoms with Crippen molar-refractivity contribution >= 4 is 10.0 Å². The van der Waals surface area contributed by atoms with E-state index in [1.807, 2.05) is 60.7 Å². The molecule has 5 heteroatoms. The van der Waals surface area contributed by atoms with Crippen LogP contribution in [0.3, 0.4) is 0 Å². The van der Waals surface area contributed by atoms with Crippen molar-refractivity contribution in [3.05, 3.63) is 66.2 Å². The first-order chi connectivity index (χ1) is 9.54. The molecule has 2 rings (SSSR count). The van der Waals surface area contributed by atoms with Crippen LogP contribution in [0.5, 0.6) is 5.75 Å². The van der Waals surface area contributed by atoms with E-state index in [4.69, 9.17) is 9.88 Å². The molecule has 0 heterocycles. The van der Waals surface area contributed by atoms with Crippen molar-refractivity contribution in [1.82, 2.24) is 0 Å². The van der Waals surface area contributed by atoms with Gasteiger partial charge in [-0.2, -0.15) is 0 Å². The molecule has 2 aromatic carbocycles. The summed E-state index contributed by atoms with van der Waals surface area (Å²) in [4.78, 5) is 0. The van der Waals surface area contributed by atoms with Gasteiger partial charge in [0.15, 0.2) is 0 Å².